The van der Waals surface area contributed by atoms with E-state index in [0.29, 0.717) is 19.4 Å². The third kappa shape index (κ3) is 5.93. The van der Waals surface area contributed by atoms with E-state index >= 15 is 0 Å². The number of Topliss-reactive ketones (excluding diaryl/α,β-unsaturated/α-hetero) is 1. The minimum Gasteiger partial charge on any atom is -0.481 e. The van der Waals surface area contributed by atoms with Gasteiger partial charge in [-0.1, -0.05) is 13.8 Å². The number of hydrogen-bond donors (Lipinski definition) is 2. The SMILES string of the molecule is CC(=O)[C@@H](NC(=O)[C@@H]1CCCN1C(=O)C(CC(=O)O)=NC(C)C)C(C)C. The Balaban J connectivity index is 2.97. The molecule has 0 aromatic carbocycles. The molecule has 0 unspecified atom stereocenters. The lowest BCUT2D eigenvalue weighted by Gasteiger charge is -2.27. The van der Waals surface area contributed by atoms with Crippen LogP contribution in [0.5, 0.6) is 0 Å². The summed E-state index contributed by atoms with van der Waals surface area (Å²) >= 11 is 0. The summed E-state index contributed by atoms with van der Waals surface area (Å²) in [7, 11) is 0. The Kier molecular flexibility index (Phi) is 7.92. The van der Waals surface area contributed by atoms with Gasteiger partial charge < -0.3 is 15.3 Å². The fraction of sp³-hybridized carbons (Fsp3) is 0.722. The van der Waals surface area contributed by atoms with Crippen LogP contribution in [0, 0.1) is 5.92 Å². The van der Waals surface area contributed by atoms with Crippen LogP contribution in [0.4, 0.5) is 0 Å². The molecule has 1 rings (SSSR count). The van der Waals surface area contributed by atoms with Crippen LogP contribution in [0.1, 0.15) is 53.9 Å². The first kappa shape index (κ1) is 21.8. The molecule has 2 amide bonds. The monoisotopic (exact) mass is 367 g/mol. The van der Waals surface area contributed by atoms with Crippen LogP contribution in [-0.2, 0) is 19.2 Å². The fourth-order valence-corrected chi connectivity index (χ4v) is 3.07. The summed E-state index contributed by atoms with van der Waals surface area (Å²) in [5, 5.41) is 11.8. The van der Waals surface area contributed by atoms with Gasteiger partial charge in [-0.25, -0.2) is 0 Å². The zero-order valence-corrected chi connectivity index (χ0v) is 16.1. The van der Waals surface area contributed by atoms with Crippen LogP contribution in [0.25, 0.3) is 0 Å². The molecule has 8 nitrogen and oxygen atoms in total. The maximum Gasteiger partial charge on any atom is 0.309 e. The minimum atomic E-state index is -1.14. The van der Waals surface area contributed by atoms with Crippen LogP contribution < -0.4 is 5.32 Å². The van der Waals surface area contributed by atoms with Gasteiger partial charge in [0.15, 0.2) is 5.78 Å². The van der Waals surface area contributed by atoms with E-state index in [1.54, 1.807) is 13.8 Å². The lowest BCUT2D eigenvalue weighted by molar-refractivity contribution is -0.137. The molecule has 0 aromatic heterocycles. The van der Waals surface area contributed by atoms with Crippen molar-refractivity contribution in [1.82, 2.24) is 10.2 Å². The summed E-state index contributed by atoms with van der Waals surface area (Å²) in [4.78, 5) is 53.7. The van der Waals surface area contributed by atoms with Crippen LogP contribution >= 0.6 is 0 Å². The molecule has 1 aliphatic heterocycles. The van der Waals surface area contributed by atoms with Crippen LogP contribution in [-0.4, -0.2) is 64.0 Å². The van der Waals surface area contributed by atoms with Gasteiger partial charge in [0.25, 0.3) is 5.91 Å². The predicted molar refractivity (Wildman–Crippen MR) is 97.0 cm³/mol. The van der Waals surface area contributed by atoms with Crippen LogP contribution in [0.15, 0.2) is 4.99 Å². The number of carbonyl (C=O) groups excluding carboxylic acids is 3. The summed E-state index contributed by atoms with van der Waals surface area (Å²) in [6, 6.07) is -1.55. The second-order valence-electron chi connectivity index (χ2n) is 7.24. The molecule has 0 bridgehead atoms. The molecule has 0 saturated carbocycles. The summed E-state index contributed by atoms with van der Waals surface area (Å²) in [5.74, 6) is -2.26. The summed E-state index contributed by atoms with van der Waals surface area (Å²) in [5.41, 5.74) is -0.0563. The van der Waals surface area contributed by atoms with Gasteiger partial charge in [0.05, 0.1) is 12.5 Å². The average molecular weight is 367 g/mol. The van der Waals surface area contributed by atoms with Crippen molar-refractivity contribution < 1.29 is 24.3 Å². The van der Waals surface area contributed by atoms with E-state index in [9.17, 15) is 19.2 Å². The van der Waals surface area contributed by atoms with Gasteiger partial charge in [-0.2, -0.15) is 0 Å². The van der Waals surface area contributed by atoms with Gasteiger partial charge in [-0.3, -0.25) is 24.2 Å². The molecule has 8 heteroatoms. The molecule has 146 valence electrons. The van der Waals surface area contributed by atoms with Crippen molar-refractivity contribution in [3.05, 3.63) is 0 Å². The van der Waals surface area contributed by atoms with Crippen molar-refractivity contribution in [2.75, 3.05) is 6.54 Å². The Morgan fingerprint density at radius 2 is 1.81 bits per heavy atom. The largest absolute Gasteiger partial charge is 0.481 e. The Labute approximate surface area is 154 Å². The first-order valence-electron chi connectivity index (χ1n) is 8.94. The van der Waals surface area contributed by atoms with Gasteiger partial charge in [-0.15, -0.1) is 0 Å². The number of amides is 2. The molecule has 1 saturated heterocycles. The van der Waals surface area contributed by atoms with Crippen molar-refractivity contribution in [2.45, 2.75) is 72.0 Å². The van der Waals surface area contributed by atoms with E-state index in [2.05, 4.69) is 10.3 Å². The molecular formula is C18H29N3O5. The number of hydrogen-bond acceptors (Lipinski definition) is 5. The van der Waals surface area contributed by atoms with E-state index < -0.39 is 30.4 Å². The Morgan fingerprint density at radius 1 is 1.19 bits per heavy atom. The first-order valence-corrected chi connectivity index (χ1v) is 8.94. The molecule has 0 aliphatic carbocycles. The van der Waals surface area contributed by atoms with E-state index in [0.717, 1.165) is 0 Å². The van der Waals surface area contributed by atoms with Gasteiger partial charge in [0.1, 0.15) is 11.8 Å². The number of ketones is 1. The number of carbonyl (C=O) groups is 4. The third-order valence-corrected chi connectivity index (χ3v) is 4.20. The number of aliphatic carboxylic acids is 1. The Hall–Kier alpha value is -2.25. The highest BCUT2D eigenvalue weighted by atomic mass is 16.4. The lowest BCUT2D eigenvalue weighted by atomic mass is 10.00. The number of nitrogens with one attached hydrogen (secondary N) is 1. The molecule has 1 fully saturated rings. The summed E-state index contributed by atoms with van der Waals surface area (Å²) < 4.78 is 0. The number of rotatable bonds is 8. The lowest BCUT2D eigenvalue weighted by Crippen LogP contribution is -2.53. The summed E-state index contributed by atoms with van der Waals surface area (Å²) in [6.45, 7) is 8.96. The van der Waals surface area contributed by atoms with Gasteiger partial charge in [0, 0.05) is 12.6 Å². The molecule has 0 radical (unpaired) electrons. The summed E-state index contributed by atoms with van der Waals surface area (Å²) in [6.07, 6.45) is 0.629. The van der Waals surface area contributed by atoms with Crippen molar-refractivity contribution in [3.8, 4) is 0 Å². The number of carboxylic acid groups (broad SMARTS) is 1. The highest BCUT2D eigenvalue weighted by molar-refractivity contribution is 6.41. The molecule has 0 spiro atoms. The number of aliphatic imine (C=N–C) groups is 1. The maximum atomic E-state index is 12.8. The molecule has 1 aliphatic rings. The third-order valence-electron chi connectivity index (χ3n) is 4.20. The Bertz CT molecular complexity index is 598. The molecule has 2 atom stereocenters. The first-order chi connectivity index (χ1) is 12.0. The van der Waals surface area contributed by atoms with Gasteiger partial charge in [0.2, 0.25) is 5.91 Å². The molecule has 1 heterocycles. The van der Waals surface area contributed by atoms with E-state index in [1.165, 1.54) is 11.8 Å². The zero-order chi connectivity index (χ0) is 20.0. The average Bonchev–Trinajstić information content (AvgIpc) is 2.98. The van der Waals surface area contributed by atoms with E-state index in [4.69, 9.17) is 5.11 Å². The molecule has 2 N–H and O–H groups in total. The van der Waals surface area contributed by atoms with Crippen molar-refractivity contribution in [2.24, 2.45) is 10.9 Å². The fourth-order valence-electron chi connectivity index (χ4n) is 3.07. The standard InChI is InChI=1S/C18H29N3O5/c1-10(2)16(12(5)22)20-17(25)14-7-6-8-21(14)18(26)13(9-15(23)24)19-11(3)4/h10-11,14,16H,6-9H2,1-5H3,(H,20,25)(H,23,24)/t14-,16-/m0/s1. The van der Waals surface area contributed by atoms with Crippen molar-refractivity contribution in [1.29, 1.82) is 0 Å². The normalized spacial score (nSPS) is 19.0. The van der Waals surface area contributed by atoms with E-state index in [1.807, 2.05) is 13.8 Å². The highest BCUT2D eigenvalue weighted by Crippen LogP contribution is 2.19. The second kappa shape index (κ2) is 9.45. The topological polar surface area (TPSA) is 116 Å². The number of likely N-dealkylation sites (tertiary alicyclic amines) is 1. The van der Waals surface area contributed by atoms with Crippen molar-refractivity contribution in [3.63, 3.8) is 0 Å². The smallest absolute Gasteiger partial charge is 0.309 e. The number of carboxylic acids is 1. The highest BCUT2D eigenvalue weighted by Gasteiger charge is 2.37. The van der Waals surface area contributed by atoms with Gasteiger partial charge in [-0.05, 0) is 39.5 Å². The van der Waals surface area contributed by atoms with Crippen LogP contribution in [0.2, 0.25) is 0 Å². The quantitative estimate of drug-likeness (QED) is 0.622. The minimum absolute atomic E-state index is 0.0563. The predicted octanol–water partition coefficient (Wildman–Crippen LogP) is 1.03. The van der Waals surface area contributed by atoms with E-state index in [-0.39, 0.29) is 29.4 Å². The molecular weight excluding hydrogens is 338 g/mol. The number of nitrogens with zero attached hydrogens (tertiary/aromatic N) is 2. The zero-order valence-electron chi connectivity index (χ0n) is 16.1. The maximum absolute atomic E-state index is 12.8. The second-order valence-corrected chi connectivity index (χ2v) is 7.24. The van der Waals surface area contributed by atoms with Crippen molar-refractivity contribution >= 4 is 29.3 Å². The van der Waals surface area contributed by atoms with Gasteiger partial charge >= 0.3 is 5.97 Å². The Morgan fingerprint density at radius 3 is 2.27 bits per heavy atom. The molecule has 26 heavy (non-hydrogen) atoms. The van der Waals surface area contributed by atoms with Crippen LogP contribution in [0.3, 0.4) is 0 Å². The molecule has 0 aromatic rings.